The molecule has 1 amide bonds. The molecule has 0 aliphatic carbocycles. The summed E-state index contributed by atoms with van der Waals surface area (Å²) in [6.07, 6.45) is 0.532. The number of anilines is 1. The molecule has 7 heteroatoms. The van der Waals surface area contributed by atoms with Gasteiger partial charge in [0.15, 0.2) is 5.65 Å². The van der Waals surface area contributed by atoms with Gasteiger partial charge in [-0.25, -0.2) is 9.78 Å². The molecule has 0 fully saturated rings. The van der Waals surface area contributed by atoms with Gasteiger partial charge in [-0.15, -0.1) is 11.6 Å². The Labute approximate surface area is 169 Å². The first-order chi connectivity index (χ1) is 13.0. The molecule has 0 bridgehead atoms. The van der Waals surface area contributed by atoms with Crippen LogP contribution in [-0.4, -0.2) is 25.8 Å². The molecular formula is C21H25ClN4O2. The molecule has 0 aliphatic rings. The van der Waals surface area contributed by atoms with Crippen LogP contribution in [0.4, 0.5) is 10.6 Å². The third-order valence-electron chi connectivity index (χ3n) is 4.61. The molecule has 3 rings (SSSR count). The van der Waals surface area contributed by atoms with Gasteiger partial charge in [0.1, 0.15) is 5.82 Å². The van der Waals surface area contributed by atoms with Crippen LogP contribution in [0.3, 0.4) is 0 Å². The molecule has 6 nitrogen and oxygen atoms in total. The van der Waals surface area contributed by atoms with Crippen molar-refractivity contribution in [1.29, 1.82) is 0 Å². The number of alkyl halides is 1. The molecule has 2 heterocycles. The number of rotatable bonds is 4. The third-order valence-corrected chi connectivity index (χ3v) is 4.80. The van der Waals surface area contributed by atoms with Gasteiger partial charge >= 0.3 is 6.09 Å². The summed E-state index contributed by atoms with van der Waals surface area (Å²) in [6.45, 7) is 10.2. The molecule has 2 aromatic heterocycles. The topological polar surface area (TPSA) is 70.7 Å². The lowest BCUT2D eigenvalue weighted by Gasteiger charge is -2.27. The Hall–Kier alpha value is -2.60. The lowest BCUT2D eigenvalue weighted by molar-refractivity contribution is 0.201. The van der Waals surface area contributed by atoms with E-state index in [1.165, 1.54) is 9.42 Å². The molecule has 3 aromatic rings. The van der Waals surface area contributed by atoms with Crippen molar-refractivity contribution < 1.29 is 9.90 Å². The van der Waals surface area contributed by atoms with Crippen molar-refractivity contribution in [1.82, 2.24) is 14.6 Å². The number of hydrogen-bond donors (Lipinski definition) is 1. The molecule has 1 aromatic carbocycles. The van der Waals surface area contributed by atoms with Crippen LogP contribution in [0.5, 0.6) is 0 Å². The first-order valence-corrected chi connectivity index (χ1v) is 9.49. The van der Waals surface area contributed by atoms with E-state index in [9.17, 15) is 9.90 Å². The highest BCUT2D eigenvalue weighted by molar-refractivity contribution is 6.23. The largest absolute Gasteiger partial charge is 0.465 e. The van der Waals surface area contributed by atoms with Crippen molar-refractivity contribution in [3.05, 3.63) is 59.4 Å². The minimum atomic E-state index is -1.06. The van der Waals surface area contributed by atoms with Crippen LogP contribution >= 0.6 is 11.6 Å². The predicted octanol–water partition coefficient (Wildman–Crippen LogP) is 5.19. The molecule has 0 atom stereocenters. The van der Waals surface area contributed by atoms with Crippen LogP contribution in [0, 0.1) is 0 Å². The molecule has 0 radical (unpaired) electrons. The summed E-state index contributed by atoms with van der Waals surface area (Å²) < 4.78 is 1.53. The van der Waals surface area contributed by atoms with Gasteiger partial charge in [0.2, 0.25) is 0 Å². The number of halogens is 1. The zero-order valence-electron chi connectivity index (χ0n) is 16.8. The smallest absolute Gasteiger partial charge is 0.413 e. The Bertz CT molecular complexity index is 1020. The molecule has 0 saturated heterocycles. The van der Waals surface area contributed by atoms with Crippen molar-refractivity contribution in [3.63, 3.8) is 0 Å². The molecule has 0 spiro atoms. The highest BCUT2D eigenvalue weighted by Crippen LogP contribution is 2.32. The summed E-state index contributed by atoms with van der Waals surface area (Å²) in [6, 6.07) is 11.3. The molecule has 0 unspecified atom stereocenters. The maximum absolute atomic E-state index is 12.2. The Kier molecular flexibility index (Phi) is 5.10. The fourth-order valence-corrected chi connectivity index (χ4v) is 3.30. The van der Waals surface area contributed by atoms with Gasteiger partial charge in [0.25, 0.3) is 0 Å². The summed E-state index contributed by atoms with van der Waals surface area (Å²) in [5.74, 6) is 0.412. The Morgan fingerprint density at radius 1 is 1.18 bits per heavy atom. The van der Waals surface area contributed by atoms with Crippen molar-refractivity contribution in [3.8, 4) is 0 Å². The molecular weight excluding hydrogens is 376 g/mol. The van der Waals surface area contributed by atoms with Crippen LogP contribution < -0.4 is 4.90 Å². The van der Waals surface area contributed by atoms with Crippen LogP contribution in [0.1, 0.15) is 51.4 Å². The van der Waals surface area contributed by atoms with Gasteiger partial charge in [0, 0.05) is 12.1 Å². The van der Waals surface area contributed by atoms with Gasteiger partial charge in [-0.2, -0.15) is 9.61 Å². The lowest BCUT2D eigenvalue weighted by Crippen LogP contribution is -2.32. The van der Waals surface area contributed by atoms with Crippen LogP contribution in [0.15, 0.2) is 42.6 Å². The summed E-state index contributed by atoms with van der Waals surface area (Å²) in [7, 11) is 0. The fraction of sp³-hybridized carbons (Fsp3) is 0.381. The van der Waals surface area contributed by atoms with E-state index in [2.05, 4.69) is 30.9 Å². The summed E-state index contributed by atoms with van der Waals surface area (Å²) >= 11 is 6.47. The van der Waals surface area contributed by atoms with E-state index < -0.39 is 11.0 Å². The number of aromatic nitrogens is 3. The van der Waals surface area contributed by atoms with Crippen LogP contribution in [0.2, 0.25) is 0 Å². The van der Waals surface area contributed by atoms with Crippen molar-refractivity contribution in [2.45, 2.75) is 51.5 Å². The zero-order valence-corrected chi connectivity index (χ0v) is 17.5. The molecule has 0 saturated carbocycles. The second kappa shape index (κ2) is 7.09. The zero-order chi connectivity index (χ0) is 20.7. The molecule has 28 heavy (non-hydrogen) atoms. The van der Waals surface area contributed by atoms with Crippen molar-refractivity contribution in [2.75, 3.05) is 4.90 Å². The van der Waals surface area contributed by atoms with E-state index in [1.807, 2.05) is 38.1 Å². The third kappa shape index (κ3) is 3.97. The highest BCUT2D eigenvalue weighted by Gasteiger charge is 2.27. The average Bonchev–Trinajstić information content (AvgIpc) is 3.06. The normalized spacial score (nSPS) is 12.4. The SMILES string of the molecule is CC(C)(C)c1ccccc1CN(C(=O)O)c1cc(C(C)(C)Cl)nc2ccnn12. The van der Waals surface area contributed by atoms with E-state index >= 15 is 0 Å². The molecule has 1 N–H and O–H groups in total. The van der Waals surface area contributed by atoms with Crippen molar-refractivity contribution in [2.24, 2.45) is 0 Å². The second-order valence-corrected chi connectivity index (χ2v) is 9.29. The van der Waals surface area contributed by atoms with Gasteiger partial charge in [0.05, 0.1) is 23.3 Å². The first kappa shape index (κ1) is 20.1. The Balaban J connectivity index is 2.15. The van der Waals surface area contributed by atoms with Crippen molar-refractivity contribution >= 4 is 29.2 Å². The molecule has 0 aliphatic heterocycles. The first-order valence-electron chi connectivity index (χ1n) is 9.11. The summed E-state index contributed by atoms with van der Waals surface area (Å²) in [5.41, 5.74) is 3.08. The van der Waals surface area contributed by atoms with E-state index in [4.69, 9.17) is 11.6 Å². The number of carboxylic acid groups (broad SMARTS) is 1. The van der Waals surface area contributed by atoms with Crippen LogP contribution in [0.25, 0.3) is 5.65 Å². The number of carbonyl (C=O) groups is 1. The number of amides is 1. The minimum absolute atomic E-state index is 0.108. The van der Waals surface area contributed by atoms with Gasteiger partial charge in [-0.05, 0) is 30.4 Å². The standard InChI is InChI=1S/C21H25ClN4O2/c1-20(2,3)15-9-7-6-8-14(15)13-25(19(27)28)18-12-16(21(4,5)22)24-17-10-11-23-26(17)18/h6-12H,13H2,1-5H3,(H,27,28). The minimum Gasteiger partial charge on any atom is -0.465 e. The molecule has 148 valence electrons. The Morgan fingerprint density at radius 2 is 1.86 bits per heavy atom. The maximum atomic E-state index is 12.2. The predicted molar refractivity (Wildman–Crippen MR) is 111 cm³/mol. The summed E-state index contributed by atoms with van der Waals surface area (Å²) in [5, 5.41) is 14.3. The lowest BCUT2D eigenvalue weighted by atomic mass is 9.83. The van der Waals surface area contributed by atoms with Gasteiger partial charge in [-0.1, -0.05) is 45.0 Å². The monoisotopic (exact) mass is 400 g/mol. The quantitative estimate of drug-likeness (QED) is 0.612. The maximum Gasteiger partial charge on any atom is 0.413 e. The van der Waals surface area contributed by atoms with Gasteiger partial charge in [-0.3, -0.25) is 4.90 Å². The van der Waals surface area contributed by atoms with E-state index in [0.717, 1.165) is 11.1 Å². The van der Waals surface area contributed by atoms with Gasteiger partial charge < -0.3 is 5.11 Å². The Morgan fingerprint density at radius 3 is 2.46 bits per heavy atom. The number of hydrogen-bond acceptors (Lipinski definition) is 3. The van der Waals surface area contributed by atoms with E-state index in [0.29, 0.717) is 17.2 Å². The van der Waals surface area contributed by atoms with E-state index in [-0.39, 0.29) is 12.0 Å². The van der Waals surface area contributed by atoms with E-state index in [1.54, 1.807) is 18.3 Å². The summed E-state index contributed by atoms with van der Waals surface area (Å²) in [4.78, 5) is 17.3. The number of benzene rings is 1. The average molecular weight is 401 g/mol. The number of fused-ring (bicyclic) bond motifs is 1. The second-order valence-electron chi connectivity index (χ2n) is 8.35. The van der Waals surface area contributed by atoms with Crippen LogP contribution in [-0.2, 0) is 16.8 Å². The highest BCUT2D eigenvalue weighted by atomic mass is 35.5. The number of nitrogens with zero attached hydrogens (tertiary/aromatic N) is 4. The fourth-order valence-electron chi connectivity index (χ4n) is 3.20.